The molecular formula is C26H15BrCl4N4O. The lowest BCUT2D eigenvalue weighted by Crippen LogP contribution is -2.08. The summed E-state index contributed by atoms with van der Waals surface area (Å²) in [6.07, 6.45) is 1.84. The molecule has 0 atom stereocenters. The van der Waals surface area contributed by atoms with Crippen molar-refractivity contribution in [1.82, 2.24) is 20.0 Å². The number of hydrogen-bond donors (Lipinski definition) is 0. The van der Waals surface area contributed by atoms with E-state index in [9.17, 15) is 0 Å². The molecule has 0 unspecified atom stereocenters. The third kappa shape index (κ3) is 4.15. The Hall–Kier alpha value is -2.35. The summed E-state index contributed by atoms with van der Waals surface area (Å²) in [7, 11) is 0. The molecule has 1 saturated carbocycles. The van der Waals surface area contributed by atoms with Crippen LogP contribution in [0.25, 0.3) is 28.5 Å². The highest BCUT2D eigenvalue weighted by Crippen LogP contribution is 2.53. The molecule has 2 heterocycles. The lowest BCUT2D eigenvalue weighted by atomic mass is 9.96. The van der Waals surface area contributed by atoms with Crippen molar-refractivity contribution in [3.8, 4) is 28.5 Å². The quantitative estimate of drug-likeness (QED) is 0.197. The summed E-state index contributed by atoms with van der Waals surface area (Å²) in [5.74, 6) is 0.856. The maximum absolute atomic E-state index is 6.56. The minimum absolute atomic E-state index is 0.302. The van der Waals surface area contributed by atoms with E-state index in [4.69, 9.17) is 55.9 Å². The van der Waals surface area contributed by atoms with E-state index in [1.54, 1.807) is 16.8 Å². The summed E-state index contributed by atoms with van der Waals surface area (Å²) in [5.41, 5.74) is 3.57. The van der Waals surface area contributed by atoms with Gasteiger partial charge in [0.2, 0.25) is 5.89 Å². The van der Waals surface area contributed by atoms with Crippen LogP contribution in [0.5, 0.6) is 0 Å². The number of hydrogen-bond acceptors (Lipinski definition) is 4. The van der Waals surface area contributed by atoms with Crippen molar-refractivity contribution in [1.29, 1.82) is 0 Å². The van der Waals surface area contributed by atoms with Gasteiger partial charge in [-0.3, -0.25) is 0 Å². The van der Waals surface area contributed by atoms with Gasteiger partial charge in [-0.15, -0.1) is 10.2 Å². The molecule has 5 aromatic rings. The molecule has 1 fully saturated rings. The van der Waals surface area contributed by atoms with Crippen LogP contribution in [0.1, 0.15) is 24.3 Å². The first-order valence-corrected chi connectivity index (χ1v) is 13.3. The van der Waals surface area contributed by atoms with Gasteiger partial charge in [0.1, 0.15) is 0 Å². The summed E-state index contributed by atoms with van der Waals surface area (Å²) < 4.78 is 8.65. The van der Waals surface area contributed by atoms with E-state index >= 15 is 0 Å². The van der Waals surface area contributed by atoms with E-state index < -0.39 is 0 Å². The highest BCUT2D eigenvalue weighted by atomic mass is 79.9. The van der Waals surface area contributed by atoms with Crippen molar-refractivity contribution < 1.29 is 4.42 Å². The second-order valence-electron chi connectivity index (χ2n) is 8.53. The molecular weight excluding hydrogens is 606 g/mol. The molecule has 0 aliphatic heterocycles. The van der Waals surface area contributed by atoms with Gasteiger partial charge < -0.3 is 4.42 Å². The Balaban J connectivity index is 1.48. The highest BCUT2D eigenvalue weighted by Gasteiger charge is 2.51. The standard InChI is InChI=1S/C26H15BrCl4N4O/c27-21-22(24-32-33-25(36-24)26(11-12-26)15-3-7-17(29)8-4-15)34-35(20-10-9-18(30)13-19(20)31)23(21)14-1-5-16(28)6-2-14/h1-10,13H,11-12H2. The minimum Gasteiger partial charge on any atom is -0.418 e. The largest absolute Gasteiger partial charge is 0.418 e. The fraction of sp³-hybridized carbons (Fsp3) is 0.115. The zero-order valence-electron chi connectivity index (χ0n) is 18.4. The van der Waals surface area contributed by atoms with Gasteiger partial charge in [0.15, 0.2) is 5.69 Å². The lowest BCUT2D eigenvalue weighted by Gasteiger charge is -2.10. The molecule has 0 saturated heterocycles. The van der Waals surface area contributed by atoms with Crippen molar-refractivity contribution >= 4 is 62.3 Å². The van der Waals surface area contributed by atoms with E-state index in [0.29, 0.717) is 47.7 Å². The van der Waals surface area contributed by atoms with E-state index in [2.05, 4.69) is 26.1 Å². The van der Waals surface area contributed by atoms with Crippen molar-refractivity contribution in [3.63, 3.8) is 0 Å². The predicted molar refractivity (Wildman–Crippen MR) is 146 cm³/mol. The van der Waals surface area contributed by atoms with Crippen LogP contribution in [0.15, 0.2) is 75.6 Å². The monoisotopic (exact) mass is 618 g/mol. The lowest BCUT2D eigenvalue weighted by molar-refractivity contribution is 0.470. The maximum atomic E-state index is 6.56. The van der Waals surface area contributed by atoms with Gasteiger partial charge in [-0.2, -0.15) is 5.10 Å². The van der Waals surface area contributed by atoms with Gasteiger partial charge in [-0.25, -0.2) is 4.68 Å². The van der Waals surface area contributed by atoms with Gasteiger partial charge >= 0.3 is 0 Å². The van der Waals surface area contributed by atoms with Crippen LogP contribution in [0, 0.1) is 0 Å². The molecule has 180 valence electrons. The first-order valence-electron chi connectivity index (χ1n) is 11.0. The second kappa shape index (κ2) is 9.19. The van der Waals surface area contributed by atoms with Crippen LogP contribution >= 0.6 is 62.3 Å². The summed E-state index contributed by atoms with van der Waals surface area (Å²) in [6.45, 7) is 0. The van der Waals surface area contributed by atoms with Crippen LogP contribution in [-0.4, -0.2) is 20.0 Å². The number of nitrogens with zero attached hydrogens (tertiary/aromatic N) is 4. The van der Waals surface area contributed by atoms with Crippen LogP contribution in [0.2, 0.25) is 20.1 Å². The average molecular weight is 621 g/mol. The van der Waals surface area contributed by atoms with Gasteiger partial charge in [-0.05, 0) is 76.8 Å². The Bertz CT molecular complexity index is 1590. The Morgan fingerprint density at radius 2 is 1.44 bits per heavy atom. The Morgan fingerprint density at radius 1 is 0.806 bits per heavy atom. The van der Waals surface area contributed by atoms with Crippen molar-refractivity contribution in [2.75, 3.05) is 0 Å². The average Bonchev–Trinajstić information content (AvgIpc) is 3.39. The molecule has 3 aromatic carbocycles. The van der Waals surface area contributed by atoms with E-state index in [0.717, 1.165) is 29.7 Å². The summed E-state index contributed by atoms with van der Waals surface area (Å²) in [6, 6.07) is 20.5. The normalized spacial score (nSPS) is 14.2. The summed E-state index contributed by atoms with van der Waals surface area (Å²) >= 11 is 28.7. The molecule has 0 N–H and O–H groups in total. The molecule has 6 rings (SSSR count). The number of halogens is 5. The second-order valence-corrected chi connectivity index (χ2v) is 11.0. The molecule has 1 aliphatic carbocycles. The molecule has 5 nitrogen and oxygen atoms in total. The molecule has 10 heteroatoms. The molecule has 0 radical (unpaired) electrons. The SMILES string of the molecule is Clc1ccc(-c2c(Br)c(-c3nnc(C4(c5ccc(Cl)cc5)CC4)o3)nn2-c2ccc(Cl)cc2Cl)cc1. The first kappa shape index (κ1) is 24.0. The fourth-order valence-corrected chi connectivity index (χ4v) is 5.64. The third-order valence-electron chi connectivity index (χ3n) is 6.27. The smallest absolute Gasteiger partial charge is 0.269 e. The topological polar surface area (TPSA) is 56.7 Å². The van der Waals surface area contributed by atoms with E-state index in [-0.39, 0.29) is 5.41 Å². The molecule has 0 bridgehead atoms. The Kier molecular flexibility index (Phi) is 6.13. The molecule has 0 spiro atoms. The molecule has 0 amide bonds. The number of rotatable bonds is 5. The van der Waals surface area contributed by atoms with E-state index in [1.165, 1.54) is 0 Å². The van der Waals surface area contributed by atoms with Gasteiger partial charge in [0, 0.05) is 20.6 Å². The van der Waals surface area contributed by atoms with Crippen LogP contribution < -0.4 is 0 Å². The Labute approximate surface area is 235 Å². The van der Waals surface area contributed by atoms with Crippen LogP contribution in [0.3, 0.4) is 0 Å². The predicted octanol–water partition coefficient (Wildman–Crippen LogP) is 9.05. The number of benzene rings is 3. The summed E-state index contributed by atoms with van der Waals surface area (Å²) in [4.78, 5) is 0. The zero-order valence-corrected chi connectivity index (χ0v) is 23.0. The molecule has 2 aromatic heterocycles. The van der Waals surface area contributed by atoms with Gasteiger partial charge in [-0.1, -0.05) is 70.7 Å². The molecule has 1 aliphatic rings. The van der Waals surface area contributed by atoms with Crippen molar-refractivity contribution in [2.45, 2.75) is 18.3 Å². The summed E-state index contributed by atoms with van der Waals surface area (Å²) in [5, 5.41) is 15.9. The van der Waals surface area contributed by atoms with Gasteiger partial charge in [0.05, 0.1) is 26.3 Å². The van der Waals surface area contributed by atoms with Crippen LogP contribution in [-0.2, 0) is 5.41 Å². The fourth-order valence-electron chi connectivity index (χ4n) is 4.25. The maximum Gasteiger partial charge on any atom is 0.269 e. The minimum atomic E-state index is -0.302. The molecule has 36 heavy (non-hydrogen) atoms. The van der Waals surface area contributed by atoms with Crippen molar-refractivity contribution in [3.05, 3.63) is 103 Å². The third-order valence-corrected chi connectivity index (χ3v) is 8.06. The van der Waals surface area contributed by atoms with Gasteiger partial charge in [0.25, 0.3) is 5.89 Å². The first-order chi connectivity index (χ1) is 17.4. The number of aromatic nitrogens is 4. The highest BCUT2D eigenvalue weighted by molar-refractivity contribution is 9.10. The van der Waals surface area contributed by atoms with E-state index in [1.807, 2.05) is 54.6 Å². The Morgan fingerprint density at radius 3 is 2.08 bits per heavy atom. The zero-order chi connectivity index (χ0) is 25.0. The van der Waals surface area contributed by atoms with Crippen LogP contribution in [0.4, 0.5) is 0 Å². The van der Waals surface area contributed by atoms with Crippen molar-refractivity contribution in [2.24, 2.45) is 0 Å².